The third-order valence-electron chi connectivity index (χ3n) is 7.30. The Kier molecular flexibility index (Phi) is 6.44. The summed E-state index contributed by atoms with van der Waals surface area (Å²) < 4.78 is 23.0. The first kappa shape index (κ1) is 24.1. The lowest BCUT2D eigenvalue weighted by atomic mass is 9.71. The molecule has 10 heteroatoms. The number of carbonyl (C=O) groups is 1. The van der Waals surface area contributed by atoms with E-state index in [2.05, 4.69) is 20.6 Å². The Hall–Kier alpha value is -3.27. The Morgan fingerprint density at radius 1 is 1.27 bits per heavy atom. The van der Waals surface area contributed by atoms with Gasteiger partial charge in [0.05, 0.1) is 60.8 Å². The topological polar surface area (TPSA) is 107 Å². The van der Waals surface area contributed by atoms with Crippen LogP contribution in [0.4, 0.5) is 11.4 Å². The van der Waals surface area contributed by atoms with E-state index in [9.17, 15) is 4.79 Å². The van der Waals surface area contributed by atoms with E-state index in [0.717, 1.165) is 42.6 Å². The minimum atomic E-state index is -0.173. The van der Waals surface area contributed by atoms with Gasteiger partial charge in [-0.25, -0.2) is 0 Å². The summed E-state index contributed by atoms with van der Waals surface area (Å²) in [5.41, 5.74) is 4.11. The Bertz CT molecular complexity index is 1320. The van der Waals surface area contributed by atoms with Gasteiger partial charge in [0.15, 0.2) is 5.75 Å². The van der Waals surface area contributed by atoms with Crippen LogP contribution >= 0.6 is 11.6 Å². The minimum Gasteiger partial charge on any atom is -0.493 e. The summed E-state index contributed by atoms with van der Waals surface area (Å²) in [7, 11) is 1.57. The molecular weight excluding hydrogens is 496 g/mol. The SMILES string of the molecule is COc1c(Cl)cccc1Nc1c(-c2ccncc2OCC2COCCO2)[nH]c2c1C(=O)NC1(CCC1)C2. The Labute approximate surface area is 219 Å². The number of nitrogens with one attached hydrogen (secondary N) is 3. The number of aromatic nitrogens is 2. The van der Waals surface area contributed by atoms with E-state index >= 15 is 0 Å². The monoisotopic (exact) mass is 524 g/mol. The number of halogens is 1. The number of anilines is 2. The standard InChI is InChI=1S/C27H29ClN4O5/c1-34-25-18(28)4-2-5-19(25)30-24-22-20(12-27(7-3-8-27)32-26(22)33)31-23(24)17-6-9-29-13-21(17)37-15-16-14-35-10-11-36-16/h2,4-6,9,13,16,30-31H,3,7-8,10-12,14-15H2,1H3,(H,32,33). The van der Waals surface area contributed by atoms with Crippen molar-refractivity contribution in [3.05, 3.63) is 52.9 Å². The van der Waals surface area contributed by atoms with Gasteiger partial charge in [-0.3, -0.25) is 9.78 Å². The molecule has 1 spiro atoms. The van der Waals surface area contributed by atoms with Crippen molar-refractivity contribution >= 4 is 28.9 Å². The van der Waals surface area contributed by atoms with Crippen molar-refractivity contribution in [1.29, 1.82) is 0 Å². The van der Waals surface area contributed by atoms with E-state index in [0.29, 0.717) is 59.9 Å². The summed E-state index contributed by atoms with van der Waals surface area (Å²) >= 11 is 6.40. The molecule has 1 amide bonds. The first-order chi connectivity index (χ1) is 18.1. The highest BCUT2D eigenvalue weighted by Gasteiger charge is 2.45. The van der Waals surface area contributed by atoms with Crippen LogP contribution < -0.4 is 20.1 Å². The number of methoxy groups -OCH3 is 1. The number of nitrogens with zero attached hydrogens (tertiary/aromatic N) is 1. The maximum absolute atomic E-state index is 13.5. The number of amides is 1. The van der Waals surface area contributed by atoms with Gasteiger partial charge in [0.2, 0.25) is 0 Å². The van der Waals surface area contributed by atoms with Crippen LogP contribution in [0.3, 0.4) is 0 Å². The lowest BCUT2D eigenvalue weighted by molar-refractivity contribution is -0.101. The molecule has 1 unspecified atom stereocenters. The summed E-state index contributed by atoms with van der Waals surface area (Å²) in [4.78, 5) is 21.3. The lowest BCUT2D eigenvalue weighted by Gasteiger charge is -2.45. The minimum absolute atomic E-state index is 0.101. The molecule has 1 aliphatic carbocycles. The molecule has 2 fully saturated rings. The van der Waals surface area contributed by atoms with E-state index < -0.39 is 0 Å². The number of H-pyrrole nitrogens is 1. The van der Waals surface area contributed by atoms with Crippen LogP contribution in [-0.4, -0.2) is 61.1 Å². The van der Waals surface area contributed by atoms with Gasteiger partial charge < -0.3 is 34.6 Å². The molecule has 9 nitrogen and oxygen atoms in total. The molecule has 3 N–H and O–H groups in total. The number of carbonyl (C=O) groups excluding carboxylic acids is 1. The number of hydrogen-bond donors (Lipinski definition) is 3. The maximum Gasteiger partial charge on any atom is 0.255 e. The Morgan fingerprint density at radius 2 is 2.16 bits per heavy atom. The van der Waals surface area contributed by atoms with Crippen molar-refractivity contribution in [1.82, 2.24) is 15.3 Å². The summed E-state index contributed by atoms with van der Waals surface area (Å²) in [6, 6.07) is 7.34. The highest BCUT2D eigenvalue weighted by Crippen LogP contribution is 2.46. The van der Waals surface area contributed by atoms with Gasteiger partial charge in [0, 0.05) is 29.4 Å². The highest BCUT2D eigenvalue weighted by atomic mass is 35.5. The van der Waals surface area contributed by atoms with Gasteiger partial charge in [-0.15, -0.1) is 0 Å². The fraction of sp³-hybridized carbons (Fsp3) is 0.407. The van der Waals surface area contributed by atoms with E-state index in [-0.39, 0.29) is 17.6 Å². The smallest absolute Gasteiger partial charge is 0.255 e. The zero-order chi connectivity index (χ0) is 25.4. The van der Waals surface area contributed by atoms with Crippen molar-refractivity contribution in [3.8, 4) is 22.8 Å². The Morgan fingerprint density at radius 3 is 2.92 bits per heavy atom. The second-order valence-corrected chi connectivity index (χ2v) is 10.1. The molecule has 4 heterocycles. The van der Waals surface area contributed by atoms with Gasteiger partial charge in [-0.05, 0) is 37.5 Å². The first-order valence-corrected chi connectivity index (χ1v) is 12.9. The fourth-order valence-electron chi connectivity index (χ4n) is 5.32. The Balaban J connectivity index is 1.42. The van der Waals surface area contributed by atoms with Gasteiger partial charge in [-0.2, -0.15) is 0 Å². The molecule has 2 aliphatic heterocycles. The van der Waals surface area contributed by atoms with Gasteiger partial charge >= 0.3 is 0 Å². The van der Waals surface area contributed by atoms with E-state index in [1.807, 2.05) is 18.2 Å². The number of hydrogen-bond acceptors (Lipinski definition) is 7. The van der Waals surface area contributed by atoms with Crippen LogP contribution in [-0.2, 0) is 15.9 Å². The van der Waals surface area contributed by atoms with Crippen LogP contribution in [0.1, 0.15) is 35.3 Å². The van der Waals surface area contributed by atoms with E-state index in [1.165, 1.54) is 0 Å². The predicted molar refractivity (Wildman–Crippen MR) is 139 cm³/mol. The second-order valence-electron chi connectivity index (χ2n) is 9.69. The fourth-order valence-corrected chi connectivity index (χ4v) is 5.57. The van der Waals surface area contributed by atoms with Crippen molar-refractivity contribution in [3.63, 3.8) is 0 Å². The van der Waals surface area contributed by atoms with Crippen molar-refractivity contribution in [2.75, 3.05) is 38.9 Å². The summed E-state index contributed by atoms with van der Waals surface area (Å²) in [5, 5.41) is 7.18. The zero-order valence-electron chi connectivity index (χ0n) is 20.6. The molecule has 6 rings (SSSR count). The molecule has 1 saturated heterocycles. The number of ether oxygens (including phenoxy) is 4. The normalized spacial score (nSPS) is 20.1. The largest absolute Gasteiger partial charge is 0.493 e. The van der Waals surface area contributed by atoms with Crippen LogP contribution in [0, 0.1) is 0 Å². The molecule has 1 atom stereocenters. The molecule has 3 aromatic rings. The number of para-hydroxylation sites is 1. The average molecular weight is 525 g/mol. The molecule has 3 aliphatic rings. The molecule has 0 radical (unpaired) electrons. The van der Waals surface area contributed by atoms with Crippen molar-refractivity contribution < 1.29 is 23.7 Å². The number of aromatic amines is 1. The van der Waals surface area contributed by atoms with Gasteiger partial charge in [0.1, 0.15) is 18.5 Å². The third kappa shape index (κ3) is 4.52. The van der Waals surface area contributed by atoms with Gasteiger partial charge in [-0.1, -0.05) is 17.7 Å². The van der Waals surface area contributed by atoms with Crippen molar-refractivity contribution in [2.45, 2.75) is 37.3 Å². The van der Waals surface area contributed by atoms with Crippen LogP contribution in [0.5, 0.6) is 11.5 Å². The molecule has 194 valence electrons. The lowest BCUT2D eigenvalue weighted by Crippen LogP contribution is -2.57. The predicted octanol–water partition coefficient (Wildman–Crippen LogP) is 4.49. The number of rotatable bonds is 7. The summed E-state index contributed by atoms with van der Waals surface area (Å²) in [6.45, 7) is 1.95. The number of benzene rings is 1. The zero-order valence-corrected chi connectivity index (χ0v) is 21.3. The van der Waals surface area contributed by atoms with Crippen LogP contribution in [0.25, 0.3) is 11.3 Å². The summed E-state index contributed by atoms with van der Waals surface area (Å²) in [5.74, 6) is 0.976. The first-order valence-electron chi connectivity index (χ1n) is 12.5. The number of pyridine rings is 1. The molecule has 1 aromatic carbocycles. The quantitative estimate of drug-likeness (QED) is 0.418. The van der Waals surface area contributed by atoms with Gasteiger partial charge in [0.25, 0.3) is 5.91 Å². The molecular formula is C27H29ClN4O5. The maximum atomic E-state index is 13.5. The second kappa shape index (κ2) is 9.89. The molecule has 0 bridgehead atoms. The summed E-state index contributed by atoms with van der Waals surface area (Å²) in [6.07, 6.45) is 7.04. The van der Waals surface area contributed by atoms with Crippen LogP contribution in [0.15, 0.2) is 36.7 Å². The molecule has 37 heavy (non-hydrogen) atoms. The third-order valence-corrected chi connectivity index (χ3v) is 7.60. The van der Waals surface area contributed by atoms with E-state index in [1.54, 1.807) is 25.6 Å². The van der Waals surface area contributed by atoms with Crippen molar-refractivity contribution in [2.24, 2.45) is 0 Å². The van der Waals surface area contributed by atoms with Crippen LogP contribution in [0.2, 0.25) is 5.02 Å². The van der Waals surface area contributed by atoms with E-state index in [4.69, 9.17) is 30.5 Å². The molecule has 2 aromatic heterocycles. The number of fused-ring (bicyclic) bond motifs is 1. The highest BCUT2D eigenvalue weighted by molar-refractivity contribution is 6.32. The average Bonchev–Trinajstić information content (AvgIpc) is 3.25. The molecule has 1 saturated carbocycles.